The van der Waals surface area contributed by atoms with E-state index in [0.717, 1.165) is 35.1 Å². The van der Waals surface area contributed by atoms with Gasteiger partial charge in [-0.1, -0.05) is 43.2 Å². The molecule has 2 unspecified atom stereocenters. The van der Waals surface area contributed by atoms with Crippen molar-refractivity contribution in [2.24, 2.45) is 0 Å². The lowest BCUT2D eigenvalue weighted by atomic mass is 9.98. The van der Waals surface area contributed by atoms with Gasteiger partial charge >= 0.3 is 7.60 Å². The molecule has 0 radical (unpaired) electrons. The lowest BCUT2D eigenvalue weighted by Gasteiger charge is -2.22. The molecule has 0 aliphatic rings. The third-order valence-corrected chi connectivity index (χ3v) is 6.47. The Labute approximate surface area is 176 Å². The summed E-state index contributed by atoms with van der Waals surface area (Å²) in [5.41, 5.74) is 3.88. The summed E-state index contributed by atoms with van der Waals surface area (Å²) in [5.74, 6) is 1.19. The van der Waals surface area contributed by atoms with Crippen molar-refractivity contribution in [3.05, 3.63) is 47.5 Å². The summed E-state index contributed by atoms with van der Waals surface area (Å²) in [5, 5.41) is 0. The number of rotatable bonds is 11. The number of hydrogen-bond donors (Lipinski definition) is 0. The summed E-state index contributed by atoms with van der Waals surface area (Å²) in [6, 6.07) is 12.1. The van der Waals surface area contributed by atoms with E-state index in [4.69, 9.17) is 18.1 Å². The molecule has 5 nitrogen and oxygen atoms in total. The molecule has 2 aromatic rings. The molecule has 2 aromatic carbocycles. The number of aryl methyl sites for hydroxylation is 2. The minimum Gasteiger partial charge on any atom is -0.447 e. The molecule has 2 atom stereocenters. The van der Waals surface area contributed by atoms with E-state index in [1.807, 2.05) is 50.8 Å². The van der Waals surface area contributed by atoms with Gasteiger partial charge in [0.1, 0.15) is 11.5 Å². The summed E-state index contributed by atoms with van der Waals surface area (Å²) < 4.78 is 36.0. The largest absolute Gasteiger partial charge is 0.447 e. The van der Waals surface area contributed by atoms with Crippen molar-refractivity contribution in [1.29, 1.82) is 0 Å². The van der Waals surface area contributed by atoms with Crippen LogP contribution < -0.4 is 9.05 Å². The fourth-order valence-electron chi connectivity index (χ4n) is 3.09. The van der Waals surface area contributed by atoms with Crippen LogP contribution in [0.3, 0.4) is 0 Å². The standard InChI is InChI=1S/C22H32O5P2/c1-7-11-18-15-20(26-28(5)24-8-2)22(19-13-10-12-17(4)14-19)21(16-18)27-29(6,23)25-9-3/h10,12-16H,7-9,11H2,1-6H3. The van der Waals surface area contributed by atoms with Gasteiger partial charge in [0.05, 0.1) is 18.8 Å². The highest BCUT2D eigenvalue weighted by Crippen LogP contribution is 2.51. The minimum absolute atomic E-state index is 0.316. The Balaban J connectivity index is 2.66. The predicted octanol–water partition coefficient (Wildman–Crippen LogP) is 7.21. The average Bonchev–Trinajstić information content (AvgIpc) is 2.61. The predicted molar refractivity (Wildman–Crippen MR) is 121 cm³/mol. The third kappa shape index (κ3) is 7.12. The van der Waals surface area contributed by atoms with Crippen LogP contribution in [0.2, 0.25) is 0 Å². The number of benzene rings is 2. The van der Waals surface area contributed by atoms with Gasteiger partial charge in [0.25, 0.3) is 0 Å². The van der Waals surface area contributed by atoms with Gasteiger partial charge in [-0.3, -0.25) is 0 Å². The minimum atomic E-state index is -3.26. The van der Waals surface area contributed by atoms with E-state index in [2.05, 4.69) is 13.0 Å². The molecule has 0 spiro atoms. The van der Waals surface area contributed by atoms with E-state index >= 15 is 0 Å². The van der Waals surface area contributed by atoms with E-state index in [9.17, 15) is 4.57 Å². The highest BCUT2D eigenvalue weighted by molar-refractivity contribution is 7.53. The zero-order chi connectivity index (χ0) is 21.4. The zero-order valence-electron chi connectivity index (χ0n) is 18.2. The van der Waals surface area contributed by atoms with Gasteiger partial charge in [-0.15, -0.1) is 0 Å². The highest BCUT2D eigenvalue weighted by atomic mass is 31.2. The second-order valence-corrected chi connectivity index (χ2v) is 10.1. The van der Waals surface area contributed by atoms with Crippen molar-refractivity contribution >= 4 is 16.0 Å². The van der Waals surface area contributed by atoms with Crippen LogP contribution in [0, 0.1) is 6.92 Å². The monoisotopic (exact) mass is 438 g/mol. The maximum Gasteiger partial charge on any atom is 0.376 e. The Morgan fingerprint density at radius 1 is 1.03 bits per heavy atom. The SMILES string of the molecule is CCCc1cc(OP(C)OCC)c(-c2cccc(C)c2)c(OP(C)(=O)OCC)c1. The van der Waals surface area contributed by atoms with E-state index < -0.39 is 16.0 Å². The molecule has 160 valence electrons. The summed E-state index contributed by atoms with van der Waals surface area (Å²) in [7, 11) is -4.36. The molecule has 2 rings (SSSR count). The molecule has 7 heteroatoms. The zero-order valence-corrected chi connectivity index (χ0v) is 20.0. The summed E-state index contributed by atoms with van der Waals surface area (Å²) in [6.07, 6.45) is 1.84. The van der Waals surface area contributed by atoms with Gasteiger partial charge in [-0.05, 0) is 50.5 Å². The van der Waals surface area contributed by atoms with Crippen LogP contribution >= 0.6 is 16.0 Å². The molecular formula is C22H32O5P2. The molecule has 0 aliphatic heterocycles. The van der Waals surface area contributed by atoms with E-state index in [-0.39, 0.29) is 0 Å². The summed E-state index contributed by atoms with van der Waals surface area (Å²) in [4.78, 5) is 0. The molecule has 0 bridgehead atoms. The third-order valence-electron chi connectivity index (χ3n) is 4.14. The van der Waals surface area contributed by atoms with Crippen LogP contribution in [-0.4, -0.2) is 26.5 Å². The van der Waals surface area contributed by atoms with Crippen LogP contribution in [0.5, 0.6) is 11.5 Å². The smallest absolute Gasteiger partial charge is 0.376 e. The van der Waals surface area contributed by atoms with Gasteiger partial charge < -0.3 is 18.1 Å². The second-order valence-electron chi connectivity index (χ2n) is 6.82. The van der Waals surface area contributed by atoms with Crippen molar-refractivity contribution in [3.8, 4) is 22.6 Å². The van der Waals surface area contributed by atoms with Gasteiger partial charge in [0, 0.05) is 13.3 Å². The number of hydrogen-bond acceptors (Lipinski definition) is 5. The second kappa shape index (κ2) is 11.1. The molecule has 0 fully saturated rings. The highest BCUT2D eigenvalue weighted by Gasteiger charge is 2.24. The molecule has 0 amide bonds. The Bertz CT molecular complexity index is 853. The summed E-state index contributed by atoms with van der Waals surface area (Å²) >= 11 is 0. The van der Waals surface area contributed by atoms with Gasteiger partial charge in [0.15, 0.2) is 0 Å². The van der Waals surface area contributed by atoms with Gasteiger partial charge in [-0.25, -0.2) is 4.57 Å². The van der Waals surface area contributed by atoms with Crippen LogP contribution in [0.1, 0.15) is 38.3 Å². The maximum atomic E-state index is 12.8. The fourth-order valence-corrected chi connectivity index (χ4v) is 4.95. The summed E-state index contributed by atoms with van der Waals surface area (Å²) in [6.45, 7) is 12.2. The van der Waals surface area contributed by atoms with E-state index in [1.165, 1.54) is 6.66 Å². The fraction of sp³-hybridized carbons (Fsp3) is 0.455. The first kappa shape index (κ1) is 23.9. The Morgan fingerprint density at radius 3 is 2.38 bits per heavy atom. The average molecular weight is 438 g/mol. The lowest BCUT2D eigenvalue weighted by molar-refractivity contribution is 0.284. The Morgan fingerprint density at radius 2 is 1.76 bits per heavy atom. The first-order chi connectivity index (χ1) is 13.8. The van der Waals surface area contributed by atoms with Crippen LogP contribution in [0.4, 0.5) is 0 Å². The van der Waals surface area contributed by atoms with Crippen molar-refractivity contribution in [2.75, 3.05) is 26.5 Å². The van der Waals surface area contributed by atoms with Crippen molar-refractivity contribution in [1.82, 2.24) is 0 Å². The first-order valence-electron chi connectivity index (χ1n) is 9.99. The quantitative estimate of drug-likeness (QED) is 0.347. The molecule has 0 saturated carbocycles. The Kier molecular flexibility index (Phi) is 9.17. The molecule has 0 saturated heterocycles. The maximum absolute atomic E-state index is 12.8. The molecule has 0 aromatic heterocycles. The van der Waals surface area contributed by atoms with Crippen LogP contribution in [-0.2, 0) is 20.0 Å². The van der Waals surface area contributed by atoms with Gasteiger partial charge in [0.2, 0.25) is 8.38 Å². The van der Waals surface area contributed by atoms with Crippen LogP contribution in [0.15, 0.2) is 36.4 Å². The van der Waals surface area contributed by atoms with E-state index in [0.29, 0.717) is 24.7 Å². The topological polar surface area (TPSA) is 54.0 Å². The van der Waals surface area contributed by atoms with E-state index in [1.54, 1.807) is 6.92 Å². The molecule has 29 heavy (non-hydrogen) atoms. The molecular weight excluding hydrogens is 406 g/mol. The first-order valence-corrected chi connectivity index (χ1v) is 13.6. The normalized spacial score (nSPS) is 14.3. The van der Waals surface area contributed by atoms with Crippen molar-refractivity contribution in [2.45, 2.75) is 40.5 Å². The Hall–Kier alpha value is -1.38. The molecule has 0 heterocycles. The molecule has 0 aliphatic carbocycles. The van der Waals surface area contributed by atoms with Crippen LogP contribution in [0.25, 0.3) is 11.1 Å². The molecule has 0 N–H and O–H groups in total. The van der Waals surface area contributed by atoms with Crippen molar-refractivity contribution in [3.63, 3.8) is 0 Å². The van der Waals surface area contributed by atoms with Gasteiger partial charge in [-0.2, -0.15) is 0 Å². The lowest BCUT2D eigenvalue weighted by Crippen LogP contribution is -2.01. The van der Waals surface area contributed by atoms with Crippen molar-refractivity contribution < 1.29 is 22.7 Å².